The molecule has 0 spiro atoms. The van der Waals surface area contributed by atoms with E-state index < -0.39 is 42.6 Å². The number of fused-ring (bicyclic) bond motifs is 1. The van der Waals surface area contributed by atoms with Crippen LogP contribution < -0.4 is 0 Å². The topological polar surface area (TPSA) is 38.8 Å². The zero-order chi connectivity index (χ0) is 21.3. The Morgan fingerprint density at radius 2 is 1.76 bits per heavy atom. The summed E-state index contributed by atoms with van der Waals surface area (Å²) in [7, 11) is 0. The van der Waals surface area contributed by atoms with Gasteiger partial charge in [0.1, 0.15) is 6.61 Å². The van der Waals surface area contributed by atoms with Crippen molar-refractivity contribution in [3.63, 3.8) is 0 Å². The van der Waals surface area contributed by atoms with Crippen LogP contribution in [0.5, 0.6) is 0 Å². The van der Waals surface area contributed by atoms with Gasteiger partial charge in [-0.25, -0.2) is 4.79 Å². The number of esters is 1. The summed E-state index contributed by atoms with van der Waals surface area (Å²) in [5.74, 6) is -0.513. The molecule has 3 rings (SSSR count). The Morgan fingerprint density at radius 3 is 2.38 bits per heavy atom. The Bertz CT molecular complexity index is 694. The van der Waals surface area contributed by atoms with Gasteiger partial charge in [-0.2, -0.15) is 26.3 Å². The molecule has 10 heteroatoms. The average Bonchev–Trinajstić information content (AvgIpc) is 3.18. The lowest BCUT2D eigenvalue weighted by Crippen LogP contribution is -2.50. The molecule has 4 nitrogen and oxygen atoms in total. The van der Waals surface area contributed by atoms with Crippen LogP contribution in [-0.4, -0.2) is 60.7 Å². The summed E-state index contributed by atoms with van der Waals surface area (Å²) in [4.78, 5) is 14.0. The second-order valence-corrected chi connectivity index (χ2v) is 7.45. The first-order chi connectivity index (χ1) is 13.5. The lowest BCUT2D eigenvalue weighted by molar-refractivity contribution is -0.323. The van der Waals surface area contributed by atoms with Gasteiger partial charge in [0.2, 0.25) is 6.10 Å². The first-order valence-corrected chi connectivity index (χ1v) is 9.27. The molecule has 0 radical (unpaired) electrons. The Morgan fingerprint density at radius 1 is 1.10 bits per heavy atom. The highest BCUT2D eigenvalue weighted by Crippen LogP contribution is 2.43. The minimum absolute atomic E-state index is 0.0409. The fourth-order valence-electron chi connectivity index (χ4n) is 4.23. The number of ether oxygens (including phenoxy) is 2. The summed E-state index contributed by atoms with van der Waals surface area (Å²) in [5.41, 5.74) is -0.186. The molecule has 29 heavy (non-hydrogen) atoms. The molecule has 2 heterocycles. The van der Waals surface area contributed by atoms with Crippen LogP contribution in [0.15, 0.2) is 30.3 Å². The SMILES string of the molecule is O=C(OC[C@@]12CCCN1[C@H](COC(C(F)(F)F)C(F)(F)F)CC2)c1ccccc1. The van der Waals surface area contributed by atoms with E-state index in [9.17, 15) is 31.1 Å². The number of halogens is 6. The molecule has 2 fully saturated rings. The van der Waals surface area contributed by atoms with Gasteiger partial charge in [0.05, 0.1) is 17.7 Å². The van der Waals surface area contributed by atoms with Crippen LogP contribution >= 0.6 is 0 Å². The monoisotopic (exact) mass is 425 g/mol. The van der Waals surface area contributed by atoms with Gasteiger partial charge in [0.25, 0.3) is 0 Å². The quantitative estimate of drug-likeness (QED) is 0.502. The van der Waals surface area contributed by atoms with Crippen molar-refractivity contribution in [2.24, 2.45) is 0 Å². The molecule has 0 aliphatic carbocycles. The predicted molar refractivity (Wildman–Crippen MR) is 90.3 cm³/mol. The van der Waals surface area contributed by atoms with Gasteiger partial charge in [-0.3, -0.25) is 4.90 Å². The van der Waals surface area contributed by atoms with Crippen molar-refractivity contribution in [1.29, 1.82) is 0 Å². The van der Waals surface area contributed by atoms with Gasteiger partial charge in [-0.1, -0.05) is 18.2 Å². The fraction of sp³-hybridized carbons (Fsp3) is 0.632. The van der Waals surface area contributed by atoms with Crippen molar-refractivity contribution in [3.05, 3.63) is 35.9 Å². The second kappa shape index (κ2) is 8.14. The van der Waals surface area contributed by atoms with Crippen molar-refractivity contribution in [3.8, 4) is 0 Å². The Labute approximate surface area is 163 Å². The number of carbonyl (C=O) groups is 1. The van der Waals surface area contributed by atoms with Crippen LogP contribution in [0.2, 0.25) is 0 Å². The van der Waals surface area contributed by atoms with Crippen molar-refractivity contribution < 1.29 is 40.6 Å². The van der Waals surface area contributed by atoms with Crippen molar-refractivity contribution >= 4 is 5.97 Å². The van der Waals surface area contributed by atoms with E-state index in [4.69, 9.17) is 4.74 Å². The number of nitrogens with zero attached hydrogens (tertiary/aromatic N) is 1. The number of alkyl halides is 6. The summed E-state index contributed by atoms with van der Waals surface area (Å²) in [5, 5.41) is 0. The molecule has 2 aliphatic heterocycles. The number of hydrogen-bond donors (Lipinski definition) is 0. The van der Waals surface area contributed by atoms with E-state index in [1.54, 1.807) is 30.3 Å². The largest absolute Gasteiger partial charge is 0.460 e. The lowest BCUT2D eigenvalue weighted by atomic mass is 9.95. The number of carbonyl (C=O) groups excluding carboxylic acids is 1. The summed E-state index contributed by atoms with van der Waals surface area (Å²) < 4.78 is 85.9. The third-order valence-electron chi connectivity index (χ3n) is 5.57. The van der Waals surface area contributed by atoms with Crippen LogP contribution in [0.1, 0.15) is 36.0 Å². The minimum atomic E-state index is -5.52. The molecule has 0 bridgehead atoms. The highest BCUT2D eigenvalue weighted by Gasteiger charge is 2.59. The molecule has 0 N–H and O–H groups in total. The molecule has 162 valence electrons. The van der Waals surface area contributed by atoms with Gasteiger partial charge in [0, 0.05) is 6.04 Å². The van der Waals surface area contributed by atoms with Crippen LogP contribution in [-0.2, 0) is 9.47 Å². The van der Waals surface area contributed by atoms with Crippen molar-refractivity contribution in [2.75, 3.05) is 19.8 Å². The lowest BCUT2D eigenvalue weighted by Gasteiger charge is -2.35. The maximum atomic E-state index is 12.7. The summed E-state index contributed by atoms with van der Waals surface area (Å²) in [6, 6.07) is 7.76. The van der Waals surface area contributed by atoms with Crippen molar-refractivity contribution in [2.45, 2.75) is 55.7 Å². The molecular weight excluding hydrogens is 404 g/mol. The maximum Gasteiger partial charge on any atom is 0.423 e. The van der Waals surface area contributed by atoms with Crippen LogP contribution in [0.4, 0.5) is 26.3 Å². The number of hydrogen-bond acceptors (Lipinski definition) is 4. The molecule has 2 saturated heterocycles. The smallest absolute Gasteiger partial charge is 0.423 e. The number of benzene rings is 1. The maximum absolute atomic E-state index is 12.7. The average molecular weight is 425 g/mol. The summed E-state index contributed by atoms with van der Waals surface area (Å²) in [6.07, 6.45) is -12.6. The fourth-order valence-corrected chi connectivity index (χ4v) is 4.23. The second-order valence-electron chi connectivity index (χ2n) is 7.45. The number of rotatable bonds is 6. The van der Waals surface area contributed by atoms with Gasteiger partial charge in [-0.15, -0.1) is 0 Å². The summed E-state index contributed by atoms with van der Waals surface area (Å²) >= 11 is 0. The third kappa shape index (κ3) is 4.85. The zero-order valence-electron chi connectivity index (χ0n) is 15.4. The molecule has 2 aliphatic rings. The first kappa shape index (κ1) is 21.9. The van der Waals surface area contributed by atoms with E-state index in [2.05, 4.69) is 4.74 Å². The molecule has 0 unspecified atom stereocenters. The van der Waals surface area contributed by atoms with Crippen LogP contribution in [0.25, 0.3) is 0 Å². The molecule has 0 saturated carbocycles. The van der Waals surface area contributed by atoms with E-state index in [0.717, 1.165) is 6.42 Å². The van der Waals surface area contributed by atoms with E-state index in [1.165, 1.54) is 0 Å². The third-order valence-corrected chi connectivity index (χ3v) is 5.57. The molecule has 2 atom stereocenters. The molecule has 0 aromatic heterocycles. The van der Waals surface area contributed by atoms with Crippen molar-refractivity contribution in [1.82, 2.24) is 4.90 Å². The minimum Gasteiger partial charge on any atom is -0.460 e. The van der Waals surface area contributed by atoms with Crippen LogP contribution in [0.3, 0.4) is 0 Å². The van der Waals surface area contributed by atoms with E-state index >= 15 is 0 Å². The highest BCUT2D eigenvalue weighted by molar-refractivity contribution is 5.89. The van der Waals surface area contributed by atoms with E-state index in [1.807, 2.05) is 4.90 Å². The van der Waals surface area contributed by atoms with Crippen LogP contribution in [0, 0.1) is 0 Å². The van der Waals surface area contributed by atoms with Gasteiger partial charge in [0.15, 0.2) is 0 Å². The molecule has 0 amide bonds. The Hall–Kier alpha value is -1.81. The standard InChI is InChI=1S/C19H21F6NO3/c20-18(21,22)16(19(23,24)25)28-11-14-7-9-17(8-4-10-26(14)17)12-29-15(27)13-5-2-1-3-6-13/h1-3,5-6,14,16H,4,7-12H2/t14-,17-/m0/s1. The predicted octanol–water partition coefficient (Wildman–Crippen LogP) is 4.35. The first-order valence-electron chi connectivity index (χ1n) is 9.27. The zero-order valence-corrected chi connectivity index (χ0v) is 15.4. The Balaban J connectivity index is 1.61. The van der Waals surface area contributed by atoms with E-state index in [0.29, 0.717) is 31.4 Å². The van der Waals surface area contributed by atoms with Gasteiger partial charge < -0.3 is 9.47 Å². The van der Waals surface area contributed by atoms with E-state index in [-0.39, 0.29) is 6.61 Å². The molecule has 1 aromatic rings. The highest BCUT2D eigenvalue weighted by atomic mass is 19.4. The summed E-state index contributed by atoms with van der Waals surface area (Å²) in [6.45, 7) is -0.128. The van der Waals surface area contributed by atoms with Gasteiger partial charge >= 0.3 is 18.3 Å². The Kier molecular flexibility index (Phi) is 6.14. The normalized spacial score (nSPS) is 25.4. The molecule has 1 aromatic carbocycles. The molecular formula is C19H21F6NO3. The van der Waals surface area contributed by atoms with Gasteiger partial charge in [-0.05, 0) is 44.4 Å².